The van der Waals surface area contributed by atoms with Crippen molar-refractivity contribution in [1.82, 2.24) is 5.32 Å². The van der Waals surface area contributed by atoms with Crippen molar-refractivity contribution in [2.24, 2.45) is 34.0 Å². The van der Waals surface area contributed by atoms with Crippen LogP contribution in [0.4, 0.5) is 9.59 Å². The van der Waals surface area contributed by atoms with Crippen molar-refractivity contribution in [3.05, 3.63) is 12.7 Å². The third-order valence-corrected chi connectivity index (χ3v) is 9.31. The zero-order valence-corrected chi connectivity index (χ0v) is 21.9. The predicted molar refractivity (Wildman–Crippen MR) is 131 cm³/mol. The van der Waals surface area contributed by atoms with Crippen molar-refractivity contribution in [2.45, 2.75) is 84.8 Å². The van der Waals surface area contributed by atoms with Crippen LogP contribution >= 0.6 is 0 Å². The Labute approximate surface area is 216 Å². The average Bonchev–Trinajstić information content (AvgIpc) is 3.16. The molecular weight excluding hydrogens is 486 g/mol. The minimum atomic E-state index is -1.49. The Morgan fingerprint density at radius 1 is 1.08 bits per heavy atom. The summed E-state index contributed by atoms with van der Waals surface area (Å²) < 4.78 is 5.69. The summed E-state index contributed by atoms with van der Waals surface area (Å²) in [5.74, 6) is -2.34. The Bertz CT molecular complexity index is 936. The molecule has 5 N–H and O–H groups in total. The summed E-state index contributed by atoms with van der Waals surface area (Å²) in [4.78, 5) is 55.6. The summed E-state index contributed by atoms with van der Waals surface area (Å²) in [5.41, 5.74) is -1.75. The van der Waals surface area contributed by atoms with E-state index >= 15 is 0 Å². The zero-order chi connectivity index (χ0) is 28.3. The van der Waals surface area contributed by atoms with Crippen LogP contribution in [0.5, 0.6) is 0 Å². The van der Waals surface area contributed by atoms with E-state index < -0.39 is 47.2 Å². The number of aliphatic carboxylic acids is 2. The van der Waals surface area contributed by atoms with E-state index in [1.54, 1.807) is 11.4 Å². The molecule has 0 unspecified atom stereocenters. The number of Topliss-reactive ketones (excluding diaryl/α,β-unsaturated/α-hetero) is 1. The van der Waals surface area contributed by atoms with Gasteiger partial charge < -0.3 is 25.2 Å². The molecule has 0 radical (unpaired) electrons. The van der Waals surface area contributed by atoms with Crippen molar-refractivity contribution in [1.29, 1.82) is 0 Å². The Hall–Kier alpha value is -2.95. The maximum atomic E-state index is 13.2. The number of ether oxygens (including phenoxy) is 1. The molecule has 0 aromatic heterocycles. The SMILES string of the molecule is C=C[C@]1(C)C[C@@H](OC(=O)NC(=O)O)[C@]2(C)[C@H](C)CC[C@]3(CCC(=O)[C@H]32)[C@@H](C)[C@@H]1O.O=C(O)CCC(=O)O. The number of alkyl carbamates (subject to hydrolysis) is 1. The van der Waals surface area contributed by atoms with Crippen molar-refractivity contribution in [2.75, 3.05) is 0 Å². The molecule has 37 heavy (non-hydrogen) atoms. The fourth-order valence-corrected chi connectivity index (χ4v) is 6.96. The predicted octanol–water partition coefficient (Wildman–Crippen LogP) is 3.69. The number of rotatable bonds is 5. The Morgan fingerprint density at radius 2 is 1.65 bits per heavy atom. The largest absolute Gasteiger partial charge is 0.481 e. The van der Waals surface area contributed by atoms with Gasteiger partial charge in [-0.05, 0) is 42.9 Å². The van der Waals surface area contributed by atoms with Gasteiger partial charge in [0, 0.05) is 23.2 Å². The second kappa shape index (κ2) is 11.2. The van der Waals surface area contributed by atoms with Gasteiger partial charge in [0.05, 0.1) is 18.9 Å². The number of ketones is 1. The van der Waals surface area contributed by atoms with Gasteiger partial charge in [0.15, 0.2) is 0 Å². The third kappa shape index (κ3) is 5.81. The van der Waals surface area contributed by atoms with Gasteiger partial charge in [0.25, 0.3) is 0 Å². The molecule has 3 fully saturated rings. The Kier molecular flexibility index (Phi) is 9.17. The molecule has 2 amide bonds. The van der Waals surface area contributed by atoms with E-state index in [4.69, 9.17) is 20.1 Å². The quantitative estimate of drug-likeness (QED) is 0.331. The van der Waals surface area contributed by atoms with Crippen LogP contribution in [0.3, 0.4) is 0 Å². The standard InChI is InChI=1S/C22H33NO6.C4H6O4/c1-6-20(4)11-15(29-19(28)23-18(26)27)21(5)12(2)7-9-22(13(3)17(20)25)10-8-14(24)16(21)22;5-3(6)1-2-4(7)8/h6,12-13,15-17,25H,1,7-11H2,2-5H3,(H,23,28)(H,26,27);1-2H2,(H,5,6)(H,7,8)/t12-,13+,15-,16+,17+,20-,21+,22+;/m1./s1. The van der Waals surface area contributed by atoms with E-state index in [0.717, 1.165) is 19.3 Å². The van der Waals surface area contributed by atoms with Crippen molar-refractivity contribution >= 4 is 29.9 Å². The topological polar surface area (TPSA) is 188 Å². The second-order valence-corrected chi connectivity index (χ2v) is 11.2. The molecule has 3 aliphatic rings. The van der Waals surface area contributed by atoms with E-state index in [0.29, 0.717) is 6.42 Å². The normalized spacial score (nSPS) is 38.5. The number of aliphatic hydroxyl groups is 1. The van der Waals surface area contributed by atoms with Gasteiger partial charge in [0.1, 0.15) is 11.9 Å². The highest BCUT2D eigenvalue weighted by atomic mass is 16.6. The highest BCUT2D eigenvalue weighted by Gasteiger charge is 2.68. The van der Waals surface area contributed by atoms with Crippen LogP contribution < -0.4 is 5.32 Å². The van der Waals surface area contributed by atoms with Crippen LogP contribution in [0.15, 0.2) is 12.7 Å². The monoisotopic (exact) mass is 525 g/mol. The van der Waals surface area contributed by atoms with E-state index in [-0.39, 0.29) is 48.2 Å². The van der Waals surface area contributed by atoms with Gasteiger partial charge in [-0.15, -0.1) is 6.58 Å². The molecule has 2 bridgehead atoms. The molecule has 3 rings (SSSR count). The van der Waals surface area contributed by atoms with Crippen molar-refractivity contribution in [3.8, 4) is 0 Å². The summed E-state index contributed by atoms with van der Waals surface area (Å²) in [5, 5.41) is 37.8. The highest BCUT2D eigenvalue weighted by Crippen LogP contribution is 2.67. The third-order valence-electron chi connectivity index (χ3n) is 9.31. The van der Waals surface area contributed by atoms with E-state index in [9.17, 15) is 29.1 Å². The number of nitrogens with one attached hydrogen (secondary N) is 1. The molecule has 208 valence electrons. The minimum Gasteiger partial charge on any atom is -0.481 e. The first-order valence-electron chi connectivity index (χ1n) is 12.5. The van der Waals surface area contributed by atoms with Crippen LogP contribution in [-0.2, 0) is 19.1 Å². The molecule has 11 nitrogen and oxygen atoms in total. The lowest BCUT2D eigenvalue weighted by Crippen LogP contribution is -2.63. The summed E-state index contributed by atoms with van der Waals surface area (Å²) in [6.45, 7) is 11.9. The highest BCUT2D eigenvalue weighted by molar-refractivity contribution is 5.87. The van der Waals surface area contributed by atoms with E-state index in [1.165, 1.54) is 0 Å². The number of aliphatic hydroxyl groups excluding tert-OH is 1. The number of carboxylic acids is 2. The molecule has 0 spiro atoms. The molecule has 0 aromatic carbocycles. The lowest BCUT2D eigenvalue weighted by atomic mass is 9.44. The smallest absolute Gasteiger partial charge is 0.416 e. The van der Waals surface area contributed by atoms with Gasteiger partial charge in [-0.1, -0.05) is 33.8 Å². The van der Waals surface area contributed by atoms with Crippen molar-refractivity contribution in [3.63, 3.8) is 0 Å². The number of hydrogen-bond acceptors (Lipinski definition) is 7. The number of carbonyl (C=O) groups excluding carboxylic acids is 2. The van der Waals surface area contributed by atoms with Gasteiger partial charge in [-0.3, -0.25) is 14.4 Å². The summed E-state index contributed by atoms with van der Waals surface area (Å²) in [6.07, 6.45) is 0.260. The maximum Gasteiger partial charge on any atom is 0.416 e. The van der Waals surface area contributed by atoms with Gasteiger partial charge in [-0.2, -0.15) is 0 Å². The lowest BCUT2D eigenvalue weighted by Gasteiger charge is -2.61. The van der Waals surface area contributed by atoms with Gasteiger partial charge in [0.2, 0.25) is 0 Å². The Balaban J connectivity index is 0.000000521. The van der Waals surface area contributed by atoms with Gasteiger partial charge in [-0.25, -0.2) is 14.9 Å². The van der Waals surface area contributed by atoms with Crippen LogP contribution in [0, 0.1) is 34.0 Å². The number of carbonyl (C=O) groups is 5. The molecule has 0 saturated heterocycles. The van der Waals surface area contributed by atoms with Crippen LogP contribution in [0.25, 0.3) is 0 Å². The molecule has 0 aromatic rings. The van der Waals surface area contributed by atoms with Crippen LogP contribution in [0.2, 0.25) is 0 Å². The first-order chi connectivity index (χ1) is 17.0. The maximum absolute atomic E-state index is 13.2. The number of hydrogen-bond donors (Lipinski definition) is 5. The van der Waals surface area contributed by atoms with E-state index in [2.05, 4.69) is 13.5 Å². The average molecular weight is 526 g/mol. The minimum absolute atomic E-state index is 0.0989. The number of amides is 2. The van der Waals surface area contributed by atoms with E-state index in [1.807, 2.05) is 20.8 Å². The van der Waals surface area contributed by atoms with Gasteiger partial charge >= 0.3 is 24.1 Å². The Morgan fingerprint density at radius 3 is 2.14 bits per heavy atom. The first kappa shape index (κ1) is 30.3. The van der Waals surface area contributed by atoms with Crippen LogP contribution in [0.1, 0.15) is 72.6 Å². The summed E-state index contributed by atoms with van der Waals surface area (Å²) >= 11 is 0. The number of imide groups is 1. The molecule has 0 heterocycles. The summed E-state index contributed by atoms with van der Waals surface area (Å²) in [6, 6.07) is 0. The summed E-state index contributed by atoms with van der Waals surface area (Å²) in [7, 11) is 0. The van der Waals surface area contributed by atoms with Crippen molar-refractivity contribution < 1.29 is 49.1 Å². The molecule has 8 atom stereocenters. The zero-order valence-electron chi connectivity index (χ0n) is 21.9. The fourth-order valence-electron chi connectivity index (χ4n) is 6.96. The molecule has 3 aliphatic carbocycles. The first-order valence-corrected chi connectivity index (χ1v) is 12.5. The molecule has 3 saturated carbocycles. The number of carboxylic acid groups (broad SMARTS) is 3. The fraction of sp³-hybridized carbons (Fsp3) is 0.731. The molecule has 11 heteroatoms. The molecule has 0 aliphatic heterocycles. The second-order valence-electron chi connectivity index (χ2n) is 11.2. The lowest BCUT2D eigenvalue weighted by molar-refractivity contribution is -0.191. The van der Waals surface area contributed by atoms with Crippen LogP contribution in [-0.4, -0.2) is 62.5 Å². The molecular formula is C26H39NO10.